The van der Waals surface area contributed by atoms with E-state index < -0.39 is 0 Å². The molecule has 2 saturated heterocycles. The second kappa shape index (κ2) is 9.20. The summed E-state index contributed by atoms with van der Waals surface area (Å²) in [5.41, 5.74) is 3.99. The van der Waals surface area contributed by atoms with Gasteiger partial charge in [0.1, 0.15) is 0 Å². The Balaban J connectivity index is 1.30. The minimum atomic E-state index is 0.355. The fourth-order valence-electron chi connectivity index (χ4n) is 4.36. The number of ether oxygens (including phenoxy) is 2. The van der Waals surface area contributed by atoms with Crippen molar-refractivity contribution in [2.75, 3.05) is 46.0 Å². The molecule has 1 atom stereocenters. The normalized spacial score (nSPS) is 21.6. The van der Waals surface area contributed by atoms with Crippen molar-refractivity contribution in [1.82, 2.24) is 14.8 Å². The molecule has 0 bridgehead atoms. The minimum Gasteiger partial charge on any atom is -0.379 e. The smallest absolute Gasteiger partial charge is 0.0715 e. The third-order valence-corrected chi connectivity index (χ3v) is 5.75. The van der Waals surface area contributed by atoms with Gasteiger partial charge in [-0.2, -0.15) is 0 Å². The van der Waals surface area contributed by atoms with E-state index in [0.717, 1.165) is 39.2 Å². The molecule has 5 nitrogen and oxygen atoms in total. The van der Waals surface area contributed by atoms with E-state index in [1.54, 1.807) is 0 Å². The standard InChI is InChI=1S/C22H33N3O2/c1-2-26-11-12-27-21-7-10-25(17-21)15-18-5-6-22-19(13-18)14-20(23-22)16-24-8-3-4-9-24/h5-6,13-14,21,23H,2-4,7-12,15-17H2,1H3. The van der Waals surface area contributed by atoms with Gasteiger partial charge in [-0.15, -0.1) is 0 Å². The highest BCUT2D eigenvalue weighted by Gasteiger charge is 2.23. The van der Waals surface area contributed by atoms with Gasteiger partial charge in [-0.25, -0.2) is 0 Å². The van der Waals surface area contributed by atoms with Crippen molar-refractivity contribution in [2.45, 2.75) is 45.4 Å². The van der Waals surface area contributed by atoms with Crippen LogP contribution < -0.4 is 0 Å². The Morgan fingerprint density at radius 2 is 1.93 bits per heavy atom. The van der Waals surface area contributed by atoms with E-state index in [0.29, 0.717) is 19.3 Å². The molecule has 0 radical (unpaired) electrons. The van der Waals surface area contributed by atoms with Crippen LogP contribution in [0.4, 0.5) is 0 Å². The molecule has 148 valence electrons. The molecule has 1 aromatic carbocycles. The molecule has 1 unspecified atom stereocenters. The van der Waals surface area contributed by atoms with Crippen LogP contribution in [0.2, 0.25) is 0 Å². The van der Waals surface area contributed by atoms with Crippen LogP contribution in [0.3, 0.4) is 0 Å². The summed E-state index contributed by atoms with van der Waals surface area (Å²) in [7, 11) is 0. The second-order valence-corrected chi connectivity index (χ2v) is 7.91. The van der Waals surface area contributed by atoms with E-state index in [1.165, 1.54) is 48.1 Å². The highest BCUT2D eigenvalue weighted by molar-refractivity contribution is 5.81. The highest BCUT2D eigenvalue weighted by atomic mass is 16.5. The van der Waals surface area contributed by atoms with Crippen LogP contribution in [0, 0.1) is 0 Å². The largest absolute Gasteiger partial charge is 0.379 e. The molecule has 4 rings (SSSR count). The summed E-state index contributed by atoms with van der Waals surface area (Å²) in [5, 5.41) is 1.34. The number of nitrogens with one attached hydrogen (secondary N) is 1. The average Bonchev–Trinajstić information content (AvgIpc) is 3.40. The number of hydrogen-bond acceptors (Lipinski definition) is 4. The third kappa shape index (κ3) is 5.11. The van der Waals surface area contributed by atoms with Gasteiger partial charge in [-0.1, -0.05) is 6.07 Å². The van der Waals surface area contributed by atoms with Gasteiger partial charge in [-0.05, 0) is 63.0 Å². The number of nitrogens with zero attached hydrogens (tertiary/aromatic N) is 2. The van der Waals surface area contributed by atoms with Gasteiger partial charge in [0.15, 0.2) is 0 Å². The lowest BCUT2D eigenvalue weighted by atomic mass is 10.1. The van der Waals surface area contributed by atoms with Crippen LogP contribution >= 0.6 is 0 Å². The zero-order valence-electron chi connectivity index (χ0n) is 16.6. The maximum Gasteiger partial charge on any atom is 0.0715 e. The van der Waals surface area contributed by atoms with Crippen molar-refractivity contribution >= 4 is 10.9 Å². The van der Waals surface area contributed by atoms with Gasteiger partial charge in [-0.3, -0.25) is 9.80 Å². The average molecular weight is 372 g/mol. The molecule has 0 saturated carbocycles. The van der Waals surface area contributed by atoms with Gasteiger partial charge in [0.05, 0.1) is 19.3 Å². The van der Waals surface area contributed by atoms with Crippen molar-refractivity contribution < 1.29 is 9.47 Å². The summed E-state index contributed by atoms with van der Waals surface area (Å²) in [6.07, 6.45) is 4.17. The maximum atomic E-state index is 5.93. The first-order valence-corrected chi connectivity index (χ1v) is 10.5. The van der Waals surface area contributed by atoms with E-state index in [9.17, 15) is 0 Å². The third-order valence-electron chi connectivity index (χ3n) is 5.75. The lowest BCUT2D eigenvalue weighted by Crippen LogP contribution is -2.24. The zero-order valence-corrected chi connectivity index (χ0v) is 16.6. The zero-order chi connectivity index (χ0) is 18.5. The second-order valence-electron chi connectivity index (χ2n) is 7.91. The van der Waals surface area contributed by atoms with Gasteiger partial charge in [0, 0.05) is 49.4 Å². The number of hydrogen-bond donors (Lipinski definition) is 1. The number of H-pyrrole nitrogens is 1. The summed E-state index contributed by atoms with van der Waals surface area (Å²) in [6.45, 7) is 10.9. The molecule has 1 N–H and O–H groups in total. The molecule has 2 aliphatic heterocycles. The molecular weight excluding hydrogens is 338 g/mol. The summed E-state index contributed by atoms with van der Waals surface area (Å²) in [5.74, 6) is 0. The number of fused-ring (bicyclic) bond motifs is 1. The summed E-state index contributed by atoms with van der Waals surface area (Å²) < 4.78 is 11.3. The van der Waals surface area contributed by atoms with Crippen molar-refractivity contribution in [3.8, 4) is 0 Å². The Bertz CT molecular complexity index is 723. The van der Waals surface area contributed by atoms with E-state index in [2.05, 4.69) is 39.0 Å². The Morgan fingerprint density at radius 3 is 2.78 bits per heavy atom. The number of likely N-dealkylation sites (tertiary alicyclic amines) is 2. The first kappa shape index (κ1) is 18.9. The molecule has 0 spiro atoms. The Kier molecular flexibility index (Phi) is 6.45. The summed E-state index contributed by atoms with van der Waals surface area (Å²) in [4.78, 5) is 8.64. The Morgan fingerprint density at radius 1 is 1.04 bits per heavy atom. The van der Waals surface area contributed by atoms with Crippen LogP contribution in [0.1, 0.15) is 37.4 Å². The first-order valence-electron chi connectivity index (χ1n) is 10.5. The van der Waals surface area contributed by atoms with Gasteiger partial charge in [0.2, 0.25) is 0 Å². The molecule has 1 aromatic heterocycles. The van der Waals surface area contributed by atoms with E-state index >= 15 is 0 Å². The van der Waals surface area contributed by atoms with Crippen molar-refractivity contribution in [3.05, 3.63) is 35.5 Å². The van der Waals surface area contributed by atoms with Crippen LogP contribution in [-0.4, -0.2) is 66.9 Å². The van der Waals surface area contributed by atoms with E-state index in [1.807, 2.05) is 6.92 Å². The molecule has 27 heavy (non-hydrogen) atoms. The van der Waals surface area contributed by atoms with Crippen LogP contribution in [-0.2, 0) is 22.6 Å². The number of rotatable bonds is 9. The molecule has 0 amide bonds. The lowest BCUT2D eigenvalue weighted by Gasteiger charge is -2.16. The predicted molar refractivity (Wildman–Crippen MR) is 109 cm³/mol. The molecule has 2 aliphatic rings. The van der Waals surface area contributed by atoms with Gasteiger partial charge < -0.3 is 14.5 Å². The number of benzene rings is 1. The molecule has 0 aliphatic carbocycles. The maximum absolute atomic E-state index is 5.93. The van der Waals surface area contributed by atoms with Crippen molar-refractivity contribution in [2.24, 2.45) is 0 Å². The van der Waals surface area contributed by atoms with Crippen LogP contribution in [0.5, 0.6) is 0 Å². The first-order chi connectivity index (χ1) is 13.3. The molecule has 2 fully saturated rings. The van der Waals surface area contributed by atoms with E-state index in [4.69, 9.17) is 9.47 Å². The monoisotopic (exact) mass is 371 g/mol. The lowest BCUT2D eigenvalue weighted by molar-refractivity contribution is 0.0117. The van der Waals surface area contributed by atoms with Gasteiger partial charge >= 0.3 is 0 Å². The topological polar surface area (TPSA) is 40.7 Å². The molecule has 2 aromatic rings. The Labute approximate surface area is 162 Å². The van der Waals surface area contributed by atoms with E-state index in [-0.39, 0.29) is 0 Å². The number of aromatic nitrogens is 1. The molecular formula is C22H33N3O2. The summed E-state index contributed by atoms with van der Waals surface area (Å²) >= 11 is 0. The van der Waals surface area contributed by atoms with Crippen molar-refractivity contribution in [3.63, 3.8) is 0 Å². The highest BCUT2D eigenvalue weighted by Crippen LogP contribution is 2.22. The SMILES string of the molecule is CCOCCOC1CCN(Cc2ccc3[nH]c(CN4CCCC4)cc3c2)C1. The summed E-state index contributed by atoms with van der Waals surface area (Å²) in [6, 6.07) is 9.19. The fraction of sp³-hybridized carbons (Fsp3) is 0.636. The molecule has 3 heterocycles. The molecule has 5 heteroatoms. The predicted octanol–water partition coefficient (Wildman–Crippen LogP) is 3.39. The quantitative estimate of drug-likeness (QED) is 0.686. The van der Waals surface area contributed by atoms with Crippen LogP contribution in [0.15, 0.2) is 24.3 Å². The number of aromatic amines is 1. The fourth-order valence-corrected chi connectivity index (χ4v) is 4.36. The van der Waals surface area contributed by atoms with Crippen molar-refractivity contribution in [1.29, 1.82) is 0 Å². The van der Waals surface area contributed by atoms with Crippen LogP contribution in [0.25, 0.3) is 10.9 Å². The minimum absolute atomic E-state index is 0.355. The van der Waals surface area contributed by atoms with Gasteiger partial charge in [0.25, 0.3) is 0 Å². The Hall–Kier alpha value is -1.40.